The molecule has 0 amide bonds. The Morgan fingerprint density at radius 1 is 1.29 bits per heavy atom. The van der Waals surface area contributed by atoms with Crippen molar-refractivity contribution in [1.82, 2.24) is 0 Å². The van der Waals surface area contributed by atoms with Gasteiger partial charge in [0, 0.05) is 19.2 Å². The van der Waals surface area contributed by atoms with Crippen molar-refractivity contribution < 1.29 is 14.6 Å². The van der Waals surface area contributed by atoms with Crippen molar-refractivity contribution in [1.29, 1.82) is 0 Å². The molecule has 0 unspecified atom stereocenters. The molecule has 1 aliphatic heterocycles. The first-order valence-corrected chi connectivity index (χ1v) is 5.88. The molecule has 1 aliphatic rings. The van der Waals surface area contributed by atoms with Crippen LogP contribution < -0.4 is 9.64 Å². The number of aromatic carboxylic acids is 1. The Kier molecular flexibility index (Phi) is 3.52. The van der Waals surface area contributed by atoms with E-state index in [-0.39, 0.29) is 0 Å². The third-order valence-corrected chi connectivity index (χ3v) is 3.13. The lowest BCUT2D eigenvalue weighted by Gasteiger charge is -2.30. The minimum atomic E-state index is -0.881. The molecule has 0 aliphatic carbocycles. The van der Waals surface area contributed by atoms with Gasteiger partial charge in [0.05, 0.1) is 18.4 Å². The number of methoxy groups -OCH3 is 1. The number of rotatable bonds is 3. The molecule has 92 valence electrons. The van der Waals surface area contributed by atoms with Crippen molar-refractivity contribution in [2.45, 2.75) is 19.3 Å². The smallest absolute Gasteiger partial charge is 0.337 e. The van der Waals surface area contributed by atoms with Crippen molar-refractivity contribution in [3.8, 4) is 5.75 Å². The number of benzene rings is 1. The molecule has 0 aromatic heterocycles. The molecule has 0 bridgehead atoms. The molecule has 0 atom stereocenters. The van der Waals surface area contributed by atoms with Crippen molar-refractivity contribution >= 4 is 11.7 Å². The summed E-state index contributed by atoms with van der Waals surface area (Å²) in [6.07, 6.45) is 3.47. The van der Waals surface area contributed by atoms with Gasteiger partial charge in [0.15, 0.2) is 0 Å². The molecule has 1 fully saturated rings. The van der Waals surface area contributed by atoms with Crippen LogP contribution in [0.5, 0.6) is 5.75 Å². The van der Waals surface area contributed by atoms with Gasteiger partial charge in [-0.25, -0.2) is 4.79 Å². The maximum atomic E-state index is 11.2. The van der Waals surface area contributed by atoms with Gasteiger partial charge in [-0.2, -0.15) is 0 Å². The van der Waals surface area contributed by atoms with Crippen LogP contribution in [0.3, 0.4) is 0 Å². The molecule has 0 spiro atoms. The Bertz CT molecular complexity index is 411. The summed E-state index contributed by atoms with van der Waals surface area (Å²) in [5.74, 6) is -0.177. The monoisotopic (exact) mass is 235 g/mol. The summed E-state index contributed by atoms with van der Waals surface area (Å²) >= 11 is 0. The predicted octanol–water partition coefficient (Wildman–Crippen LogP) is 2.38. The van der Waals surface area contributed by atoms with Crippen molar-refractivity contribution in [3.63, 3.8) is 0 Å². The molecule has 1 aromatic carbocycles. The standard InChI is InChI=1S/C13H17NO3/c1-17-10-5-6-11(13(15)16)12(9-10)14-7-3-2-4-8-14/h5-6,9H,2-4,7-8H2,1H3,(H,15,16). The van der Waals surface area contributed by atoms with Crippen LogP contribution in [0.15, 0.2) is 18.2 Å². The first-order chi connectivity index (χ1) is 8.22. The Hall–Kier alpha value is -1.71. The molecular formula is C13H17NO3. The second-order valence-electron chi connectivity index (χ2n) is 4.24. The molecule has 0 radical (unpaired) electrons. The topological polar surface area (TPSA) is 49.8 Å². The first-order valence-electron chi connectivity index (χ1n) is 5.88. The number of piperidine rings is 1. The van der Waals surface area contributed by atoms with Crippen LogP contribution in [0.1, 0.15) is 29.6 Å². The van der Waals surface area contributed by atoms with Gasteiger partial charge in [0.25, 0.3) is 0 Å². The second-order valence-corrected chi connectivity index (χ2v) is 4.24. The lowest BCUT2D eigenvalue weighted by atomic mass is 10.1. The highest BCUT2D eigenvalue weighted by molar-refractivity contribution is 5.94. The SMILES string of the molecule is COc1ccc(C(=O)O)c(N2CCCCC2)c1. The molecule has 2 rings (SSSR count). The zero-order valence-corrected chi connectivity index (χ0v) is 9.98. The molecule has 1 heterocycles. The fourth-order valence-corrected chi connectivity index (χ4v) is 2.22. The van der Waals surface area contributed by atoms with Crippen LogP contribution in [0.2, 0.25) is 0 Å². The van der Waals surface area contributed by atoms with Gasteiger partial charge in [-0.1, -0.05) is 0 Å². The summed E-state index contributed by atoms with van der Waals surface area (Å²) in [6, 6.07) is 5.12. The van der Waals surface area contributed by atoms with Gasteiger partial charge < -0.3 is 14.7 Å². The molecule has 4 nitrogen and oxygen atoms in total. The van der Waals surface area contributed by atoms with E-state index >= 15 is 0 Å². The van der Waals surface area contributed by atoms with Gasteiger partial charge >= 0.3 is 5.97 Å². The van der Waals surface area contributed by atoms with Gasteiger partial charge in [-0.05, 0) is 31.4 Å². The van der Waals surface area contributed by atoms with Gasteiger partial charge in [-0.15, -0.1) is 0 Å². The quantitative estimate of drug-likeness (QED) is 0.874. The normalized spacial score (nSPS) is 15.7. The number of carboxylic acid groups (broad SMARTS) is 1. The predicted molar refractivity (Wildman–Crippen MR) is 66.0 cm³/mol. The van der Waals surface area contributed by atoms with E-state index in [1.54, 1.807) is 19.2 Å². The highest BCUT2D eigenvalue weighted by atomic mass is 16.5. The summed E-state index contributed by atoms with van der Waals surface area (Å²) in [5.41, 5.74) is 1.13. The van der Waals surface area contributed by atoms with E-state index in [2.05, 4.69) is 4.90 Å². The summed E-state index contributed by atoms with van der Waals surface area (Å²) in [7, 11) is 1.59. The van der Waals surface area contributed by atoms with E-state index < -0.39 is 5.97 Å². The highest BCUT2D eigenvalue weighted by Crippen LogP contribution is 2.28. The van der Waals surface area contributed by atoms with Crippen LogP contribution in [-0.2, 0) is 0 Å². The van der Waals surface area contributed by atoms with Crippen molar-refractivity contribution in [2.75, 3.05) is 25.1 Å². The number of carboxylic acids is 1. The largest absolute Gasteiger partial charge is 0.497 e. The summed E-state index contributed by atoms with van der Waals surface area (Å²) in [6.45, 7) is 1.85. The summed E-state index contributed by atoms with van der Waals surface area (Å²) in [5, 5.41) is 9.19. The van der Waals surface area contributed by atoms with Gasteiger partial charge in [0.2, 0.25) is 0 Å². The zero-order chi connectivity index (χ0) is 12.3. The first kappa shape index (κ1) is 11.8. The maximum Gasteiger partial charge on any atom is 0.337 e. The van der Waals surface area contributed by atoms with Crippen LogP contribution in [-0.4, -0.2) is 31.3 Å². The van der Waals surface area contributed by atoms with Crippen molar-refractivity contribution in [3.05, 3.63) is 23.8 Å². The third kappa shape index (κ3) is 2.52. The lowest BCUT2D eigenvalue weighted by molar-refractivity contribution is 0.0697. The minimum absolute atomic E-state index is 0.354. The van der Waals surface area contributed by atoms with E-state index in [0.717, 1.165) is 31.6 Å². The molecule has 4 heteroatoms. The lowest BCUT2D eigenvalue weighted by Crippen LogP contribution is -2.30. The molecule has 0 saturated carbocycles. The fraction of sp³-hybridized carbons (Fsp3) is 0.462. The van der Waals surface area contributed by atoms with Gasteiger partial charge in [-0.3, -0.25) is 0 Å². The third-order valence-electron chi connectivity index (χ3n) is 3.13. The Labute approximate surface area is 101 Å². The van der Waals surface area contributed by atoms with Crippen LogP contribution >= 0.6 is 0 Å². The van der Waals surface area contributed by atoms with E-state index in [0.29, 0.717) is 11.3 Å². The molecule has 17 heavy (non-hydrogen) atoms. The second kappa shape index (κ2) is 5.08. The average molecular weight is 235 g/mol. The molecular weight excluding hydrogens is 218 g/mol. The van der Waals surface area contributed by atoms with E-state index in [1.807, 2.05) is 6.07 Å². The van der Waals surface area contributed by atoms with Gasteiger partial charge in [0.1, 0.15) is 5.75 Å². The Morgan fingerprint density at radius 2 is 2.00 bits per heavy atom. The number of hydrogen-bond donors (Lipinski definition) is 1. The zero-order valence-electron chi connectivity index (χ0n) is 9.98. The number of anilines is 1. The number of carbonyl (C=O) groups is 1. The van der Waals surface area contributed by atoms with E-state index in [4.69, 9.17) is 4.74 Å². The summed E-state index contributed by atoms with van der Waals surface area (Å²) < 4.78 is 5.16. The van der Waals surface area contributed by atoms with E-state index in [1.165, 1.54) is 6.42 Å². The van der Waals surface area contributed by atoms with E-state index in [9.17, 15) is 9.90 Å². The van der Waals surface area contributed by atoms with Crippen LogP contribution in [0.4, 0.5) is 5.69 Å². The Morgan fingerprint density at radius 3 is 2.59 bits per heavy atom. The maximum absolute atomic E-state index is 11.2. The molecule has 1 saturated heterocycles. The summed E-state index contributed by atoms with van der Waals surface area (Å²) in [4.78, 5) is 13.3. The van der Waals surface area contributed by atoms with Crippen LogP contribution in [0.25, 0.3) is 0 Å². The fourth-order valence-electron chi connectivity index (χ4n) is 2.22. The Balaban J connectivity index is 2.36. The number of nitrogens with zero attached hydrogens (tertiary/aromatic N) is 1. The highest BCUT2D eigenvalue weighted by Gasteiger charge is 2.18. The van der Waals surface area contributed by atoms with Crippen LogP contribution in [0, 0.1) is 0 Å². The molecule has 1 N–H and O–H groups in total. The molecule has 1 aromatic rings. The minimum Gasteiger partial charge on any atom is -0.497 e. The number of ether oxygens (including phenoxy) is 1. The number of hydrogen-bond acceptors (Lipinski definition) is 3. The average Bonchev–Trinajstić information content (AvgIpc) is 2.39. The van der Waals surface area contributed by atoms with Crippen molar-refractivity contribution in [2.24, 2.45) is 0 Å².